The van der Waals surface area contributed by atoms with Gasteiger partial charge in [-0.1, -0.05) is 68.4 Å². The van der Waals surface area contributed by atoms with E-state index in [2.05, 4.69) is 26.0 Å². The second-order valence-electron chi connectivity index (χ2n) is 7.88. The minimum absolute atomic E-state index is 0.0231. The van der Waals surface area contributed by atoms with Gasteiger partial charge in [0.15, 0.2) is 0 Å². The molecule has 0 fully saturated rings. The zero-order valence-corrected chi connectivity index (χ0v) is 18.2. The zero-order valence-electron chi connectivity index (χ0n) is 18.2. The molecule has 156 valence electrons. The van der Waals surface area contributed by atoms with Crippen molar-refractivity contribution in [3.63, 3.8) is 0 Å². The van der Waals surface area contributed by atoms with Crippen LogP contribution >= 0.6 is 0 Å². The van der Waals surface area contributed by atoms with E-state index in [0.29, 0.717) is 18.1 Å². The largest absolute Gasteiger partial charge is 0.494 e. The molecule has 0 aliphatic carbocycles. The Hall–Kier alpha value is -3.59. The van der Waals surface area contributed by atoms with Gasteiger partial charge in [0.1, 0.15) is 5.75 Å². The minimum atomic E-state index is -0.0231. The molecule has 3 heteroatoms. The van der Waals surface area contributed by atoms with Gasteiger partial charge in [0.25, 0.3) is 5.91 Å². The second-order valence-corrected chi connectivity index (χ2v) is 7.88. The molecule has 3 nitrogen and oxygen atoms in total. The third kappa shape index (κ3) is 4.46. The summed E-state index contributed by atoms with van der Waals surface area (Å²) in [5, 5.41) is 0. The molecule has 3 aromatic carbocycles. The maximum atomic E-state index is 13.5. The van der Waals surface area contributed by atoms with Gasteiger partial charge in [-0.25, -0.2) is 0 Å². The van der Waals surface area contributed by atoms with Gasteiger partial charge in [0, 0.05) is 11.3 Å². The maximum Gasteiger partial charge on any atom is 0.262 e. The number of rotatable bonds is 6. The van der Waals surface area contributed by atoms with Crippen LogP contribution in [0.4, 0.5) is 5.69 Å². The van der Waals surface area contributed by atoms with Crippen molar-refractivity contribution in [1.29, 1.82) is 0 Å². The number of carbonyl (C=O) groups is 1. The summed E-state index contributed by atoms with van der Waals surface area (Å²) in [5.41, 5.74) is 5.66. The van der Waals surface area contributed by atoms with Crippen molar-refractivity contribution in [3.8, 4) is 5.75 Å². The Morgan fingerprint density at radius 1 is 0.903 bits per heavy atom. The molecule has 0 saturated heterocycles. The smallest absolute Gasteiger partial charge is 0.262 e. The second kappa shape index (κ2) is 9.05. The van der Waals surface area contributed by atoms with Gasteiger partial charge in [0.05, 0.1) is 12.3 Å². The van der Waals surface area contributed by atoms with Crippen molar-refractivity contribution in [2.45, 2.75) is 26.7 Å². The lowest BCUT2D eigenvalue weighted by atomic mass is 10.0. The average molecular weight is 410 g/mol. The van der Waals surface area contributed by atoms with E-state index in [4.69, 9.17) is 4.74 Å². The first kappa shape index (κ1) is 20.7. The molecule has 0 atom stereocenters. The molecule has 1 aliphatic heterocycles. The summed E-state index contributed by atoms with van der Waals surface area (Å²) >= 11 is 0. The van der Waals surface area contributed by atoms with E-state index < -0.39 is 0 Å². The highest BCUT2D eigenvalue weighted by Crippen LogP contribution is 2.35. The molecule has 4 rings (SSSR count). The highest BCUT2D eigenvalue weighted by Gasteiger charge is 2.30. The van der Waals surface area contributed by atoms with Crippen molar-refractivity contribution < 1.29 is 9.53 Å². The molecule has 0 bridgehead atoms. The Kier molecular flexibility index (Phi) is 6.03. The molecule has 31 heavy (non-hydrogen) atoms. The lowest BCUT2D eigenvalue weighted by Crippen LogP contribution is -2.24. The molecule has 0 aromatic heterocycles. The van der Waals surface area contributed by atoms with E-state index in [9.17, 15) is 4.79 Å². The number of amides is 1. The van der Waals surface area contributed by atoms with Crippen LogP contribution < -0.4 is 9.64 Å². The van der Waals surface area contributed by atoms with E-state index in [0.717, 1.165) is 28.3 Å². The highest BCUT2D eigenvalue weighted by atomic mass is 16.5. The van der Waals surface area contributed by atoms with E-state index >= 15 is 0 Å². The van der Waals surface area contributed by atoms with Crippen molar-refractivity contribution in [3.05, 3.63) is 107 Å². The molecule has 0 spiro atoms. The normalized spacial score (nSPS) is 15.0. The molecule has 1 aliphatic rings. The Bertz CT molecular complexity index is 1110. The number of carbonyl (C=O) groups excluding carboxylic acids is 1. The van der Waals surface area contributed by atoms with Crippen LogP contribution in [-0.4, -0.2) is 12.5 Å². The summed E-state index contributed by atoms with van der Waals surface area (Å²) in [5.74, 6) is 1.25. The fourth-order valence-corrected chi connectivity index (χ4v) is 3.71. The molecular formula is C28H27NO2. The van der Waals surface area contributed by atoms with Gasteiger partial charge >= 0.3 is 0 Å². The third-order valence-corrected chi connectivity index (χ3v) is 5.38. The number of anilines is 1. The van der Waals surface area contributed by atoms with Crippen LogP contribution in [0.3, 0.4) is 0 Å². The Labute approximate surface area is 184 Å². The molecule has 0 saturated carbocycles. The first-order valence-electron chi connectivity index (χ1n) is 10.7. The van der Waals surface area contributed by atoms with Crippen LogP contribution in [0.25, 0.3) is 11.8 Å². The summed E-state index contributed by atoms with van der Waals surface area (Å²) in [6.45, 7) is 6.93. The van der Waals surface area contributed by atoms with E-state index in [1.807, 2.05) is 85.8 Å². The summed E-state index contributed by atoms with van der Waals surface area (Å²) in [6.07, 6.45) is 3.91. The Morgan fingerprint density at radius 2 is 1.58 bits per heavy atom. The number of benzene rings is 3. The van der Waals surface area contributed by atoms with Crippen molar-refractivity contribution in [1.82, 2.24) is 0 Å². The van der Waals surface area contributed by atoms with Crippen LogP contribution in [0, 0.1) is 0 Å². The van der Waals surface area contributed by atoms with Crippen molar-refractivity contribution >= 4 is 23.4 Å². The summed E-state index contributed by atoms with van der Waals surface area (Å²) in [7, 11) is 0. The van der Waals surface area contributed by atoms with Crippen molar-refractivity contribution in [2.75, 3.05) is 11.5 Å². The first-order valence-corrected chi connectivity index (χ1v) is 10.7. The quantitative estimate of drug-likeness (QED) is 0.425. The highest BCUT2D eigenvalue weighted by molar-refractivity contribution is 6.23. The van der Waals surface area contributed by atoms with Gasteiger partial charge in [-0.2, -0.15) is 0 Å². The fraction of sp³-hybridized carbons (Fsp3) is 0.179. The van der Waals surface area contributed by atoms with Crippen molar-refractivity contribution in [2.24, 2.45) is 0 Å². The first-order chi connectivity index (χ1) is 15.1. The summed E-state index contributed by atoms with van der Waals surface area (Å²) < 4.78 is 5.52. The third-order valence-electron chi connectivity index (χ3n) is 5.38. The maximum absolute atomic E-state index is 13.5. The lowest BCUT2D eigenvalue weighted by molar-refractivity contribution is -0.113. The monoisotopic (exact) mass is 409 g/mol. The predicted molar refractivity (Wildman–Crippen MR) is 128 cm³/mol. The van der Waals surface area contributed by atoms with Crippen LogP contribution in [0.5, 0.6) is 5.75 Å². The van der Waals surface area contributed by atoms with Crippen LogP contribution in [0.2, 0.25) is 0 Å². The van der Waals surface area contributed by atoms with Crippen LogP contribution in [-0.2, 0) is 4.79 Å². The fourth-order valence-electron chi connectivity index (χ4n) is 3.71. The predicted octanol–water partition coefficient (Wildman–Crippen LogP) is 6.68. The van der Waals surface area contributed by atoms with Gasteiger partial charge in [-0.15, -0.1) is 0 Å². The Morgan fingerprint density at radius 3 is 2.19 bits per heavy atom. The van der Waals surface area contributed by atoms with Gasteiger partial charge in [-0.05, 0) is 65.9 Å². The van der Waals surface area contributed by atoms with Gasteiger partial charge in [0.2, 0.25) is 0 Å². The average Bonchev–Trinajstić information content (AvgIpc) is 3.12. The van der Waals surface area contributed by atoms with Gasteiger partial charge in [-0.3, -0.25) is 9.69 Å². The summed E-state index contributed by atoms with van der Waals surface area (Å²) in [4.78, 5) is 15.3. The molecule has 3 aromatic rings. The molecule has 1 amide bonds. The lowest BCUT2D eigenvalue weighted by Gasteiger charge is -2.21. The standard InChI is InChI=1S/C28H27NO2/c1-4-31-26-16-10-21(11-17-26)18-24-19-27(23-8-6-5-7-9-23)29(28(24)30)25-14-12-22(13-15-25)20(2)3/h5-20H,4H2,1-3H3/b24-18+. The number of nitrogens with zero attached hydrogens (tertiary/aromatic N) is 1. The SMILES string of the molecule is CCOc1ccc(/C=C2\C=C(c3ccccc3)N(c3ccc(C(C)C)cc3)C2=O)cc1. The molecule has 1 heterocycles. The molecular weight excluding hydrogens is 382 g/mol. The van der Waals surface area contributed by atoms with Crippen LogP contribution in [0.1, 0.15) is 43.4 Å². The molecule has 0 N–H and O–H groups in total. The molecule has 0 radical (unpaired) electrons. The van der Waals surface area contributed by atoms with E-state index in [-0.39, 0.29) is 5.91 Å². The number of hydrogen-bond donors (Lipinski definition) is 0. The van der Waals surface area contributed by atoms with E-state index in [1.54, 1.807) is 4.90 Å². The number of hydrogen-bond acceptors (Lipinski definition) is 2. The van der Waals surface area contributed by atoms with Gasteiger partial charge < -0.3 is 4.74 Å². The Balaban J connectivity index is 1.73. The van der Waals surface area contributed by atoms with Crippen LogP contribution in [0.15, 0.2) is 90.5 Å². The number of ether oxygens (including phenoxy) is 1. The van der Waals surface area contributed by atoms with E-state index in [1.165, 1.54) is 5.56 Å². The zero-order chi connectivity index (χ0) is 21.8. The topological polar surface area (TPSA) is 29.5 Å². The molecule has 0 unspecified atom stereocenters. The minimum Gasteiger partial charge on any atom is -0.494 e. The summed E-state index contributed by atoms with van der Waals surface area (Å²) in [6, 6.07) is 26.1.